The molecular formula is C16H24ClNO. The van der Waals surface area contributed by atoms with E-state index in [1.54, 1.807) is 0 Å². The van der Waals surface area contributed by atoms with Crippen molar-refractivity contribution in [3.63, 3.8) is 0 Å². The van der Waals surface area contributed by atoms with Crippen molar-refractivity contribution in [2.24, 2.45) is 5.92 Å². The Labute approximate surface area is 121 Å². The van der Waals surface area contributed by atoms with Crippen LogP contribution in [0.3, 0.4) is 0 Å². The molecule has 1 aromatic rings. The maximum absolute atomic E-state index is 6.00. The molecule has 0 bridgehead atoms. The van der Waals surface area contributed by atoms with E-state index in [4.69, 9.17) is 16.3 Å². The van der Waals surface area contributed by atoms with E-state index in [9.17, 15) is 0 Å². The molecule has 1 aromatic carbocycles. The molecule has 2 rings (SSSR count). The quantitative estimate of drug-likeness (QED) is 0.806. The lowest BCUT2D eigenvalue weighted by Gasteiger charge is -2.20. The molecule has 19 heavy (non-hydrogen) atoms. The van der Waals surface area contributed by atoms with E-state index in [2.05, 4.69) is 44.3 Å². The molecule has 1 aliphatic rings. The molecule has 1 N–H and O–H groups in total. The van der Waals surface area contributed by atoms with Gasteiger partial charge in [-0.1, -0.05) is 31.5 Å². The average molecular weight is 282 g/mol. The zero-order valence-corrected chi connectivity index (χ0v) is 12.8. The lowest BCUT2D eigenvalue weighted by atomic mass is 10.0. The summed E-state index contributed by atoms with van der Waals surface area (Å²) >= 11 is 6.00. The van der Waals surface area contributed by atoms with Crippen LogP contribution in [0.2, 0.25) is 0 Å². The first-order valence-corrected chi connectivity index (χ1v) is 7.67. The van der Waals surface area contributed by atoms with Crippen molar-refractivity contribution in [2.45, 2.75) is 45.8 Å². The third kappa shape index (κ3) is 4.12. The van der Waals surface area contributed by atoms with Gasteiger partial charge >= 0.3 is 0 Å². The first-order chi connectivity index (χ1) is 9.08. The van der Waals surface area contributed by atoms with Gasteiger partial charge in [0.15, 0.2) is 0 Å². The van der Waals surface area contributed by atoms with Crippen molar-refractivity contribution in [3.05, 3.63) is 29.3 Å². The molecule has 106 valence electrons. The lowest BCUT2D eigenvalue weighted by molar-refractivity contribution is 0.220. The molecule has 0 saturated heterocycles. The van der Waals surface area contributed by atoms with E-state index in [1.807, 2.05) is 0 Å². The predicted molar refractivity (Wildman–Crippen MR) is 81.3 cm³/mol. The Kier molecular flexibility index (Phi) is 5.12. The SMILES string of the molecule is Cc1ccc2c(c1)CC(CNC(CCl)CC(C)C)O2. The second-order valence-corrected chi connectivity index (χ2v) is 6.25. The smallest absolute Gasteiger partial charge is 0.123 e. The number of fused-ring (bicyclic) bond motifs is 1. The van der Waals surface area contributed by atoms with Crippen LogP contribution in [0.5, 0.6) is 5.75 Å². The van der Waals surface area contributed by atoms with Crippen LogP contribution in [0.25, 0.3) is 0 Å². The van der Waals surface area contributed by atoms with Gasteiger partial charge in [0.05, 0.1) is 0 Å². The van der Waals surface area contributed by atoms with Crippen molar-refractivity contribution in [3.8, 4) is 5.75 Å². The van der Waals surface area contributed by atoms with Gasteiger partial charge in [-0.25, -0.2) is 0 Å². The molecule has 2 atom stereocenters. The number of hydrogen-bond donors (Lipinski definition) is 1. The number of nitrogens with one attached hydrogen (secondary N) is 1. The second kappa shape index (κ2) is 6.62. The lowest BCUT2D eigenvalue weighted by Crippen LogP contribution is -2.39. The van der Waals surface area contributed by atoms with Crippen LogP contribution in [0.15, 0.2) is 18.2 Å². The highest BCUT2D eigenvalue weighted by molar-refractivity contribution is 6.18. The van der Waals surface area contributed by atoms with E-state index < -0.39 is 0 Å². The third-order valence-corrected chi connectivity index (χ3v) is 3.91. The van der Waals surface area contributed by atoms with E-state index in [1.165, 1.54) is 11.1 Å². The average Bonchev–Trinajstić information content (AvgIpc) is 2.75. The monoisotopic (exact) mass is 281 g/mol. The van der Waals surface area contributed by atoms with Crippen LogP contribution in [-0.2, 0) is 6.42 Å². The number of hydrogen-bond acceptors (Lipinski definition) is 2. The van der Waals surface area contributed by atoms with Crippen LogP contribution >= 0.6 is 11.6 Å². The molecule has 0 saturated carbocycles. The van der Waals surface area contributed by atoms with E-state index in [-0.39, 0.29) is 6.10 Å². The summed E-state index contributed by atoms with van der Waals surface area (Å²) in [6.07, 6.45) is 2.36. The van der Waals surface area contributed by atoms with Gasteiger partial charge in [-0.2, -0.15) is 0 Å². The summed E-state index contributed by atoms with van der Waals surface area (Å²) in [5, 5.41) is 3.54. The van der Waals surface area contributed by atoms with E-state index >= 15 is 0 Å². The van der Waals surface area contributed by atoms with Gasteiger partial charge in [-0.3, -0.25) is 0 Å². The maximum Gasteiger partial charge on any atom is 0.123 e. The van der Waals surface area contributed by atoms with E-state index in [0.717, 1.165) is 25.1 Å². The molecular weight excluding hydrogens is 258 g/mol. The number of halogens is 1. The summed E-state index contributed by atoms with van der Waals surface area (Å²) in [5.41, 5.74) is 2.63. The maximum atomic E-state index is 6.00. The molecule has 0 amide bonds. The van der Waals surface area contributed by atoms with Gasteiger partial charge in [0.25, 0.3) is 0 Å². The van der Waals surface area contributed by atoms with Crippen LogP contribution in [0.4, 0.5) is 0 Å². The minimum absolute atomic E-state index is 0.245. The Bertz CT molecular complexity index is 419. The molecule has 1 heterocycles. The largest absolute Gasteiger partial charge is 0.488 e. The van der Waals surface area contributed by atoms with Gasteiger partial charge in [-0.15, -0.1) is 11.6 Å². The number of rotatable bonds is 6. The summed E-state index contributed by atoms with van der Waals surface area (Å²) in [5.74, 6) is 2.38. The van der Waals surface area contributed by atoms with E-state index in [0.29, 0.717) is 17.8 Å². The Balaban J connectivity index is 1.83. The molecule has 0 spiro atoms. The van der Waals surface area contributed by atoms with Gasteiger partial charge in [0.1, 0.15) is 11.9 Å². The van der Waals surface area contributed by atoms with Gasteiger partial charge in [-0.05, 0) is 30.9 Å². The zero-order valence-electron chi connectivity index (χ0n) is 12.1. The second-order valence-electron chi connectivity index (χ2n) is 5.94. The Morgan fingerprint density at radius 2 is 2.21 bits per heavy atom. The number of benzene rings is 1. The highest BCUT2D eigenvalue weighted by Crippen LogP contribution is 2.29. The van der Waals surface area contributed by atoms with Gasteiger partial charge in [0, 0.05) is 24.9 Å². The minimum atomic E-state index is 0.245. The van der Waals surface area contributed by atoms with Crippen molar-refractivity contribution >= 4 is 11.6 Å². The van der Waals surface area contributed by atoms with Gasteiger partial charge < -0.3 is 10.1 Å². The Hall–Kier alpha value is -0.730. The molecule has 1 aliphatic heterocycles. The van der Waals surface area contributed by atoms with Crippen molar-refractivity contribution in [1.82, 2.24) is 5.32 Å². The highest BCUT2D eigenvalue weighted by Gasteiger charge is 2.23. The van der Waals surface area contributed by atoms with Crippen molar-refractivity contribution in [1.29, 1.82) is 0 Å². The summed E-state index contributed by atoms with van der Waals surface area (Å²) in [6.45, 7) is 7.45. The summed E-state index contributed by atoms with van der Waals surface area (Å²) in [6, 6.07) is 6.80. The first kappa shape index (κ1) is 14.7. The Morgan fingerprint density at radius 3 is 2.89 bits per heavy atom. The normalized spacial score (nSPS) is 19.3. The number of ether oxygens (including phenoxy) is 1. The summed E-state index contributed by atoms with van der Waals surface area (Å²) < 4.78 is 5.96. The van der Waals surface area contributed by atoms with Crippen molar-refractivity contribution in [2.75, 3.05) is 12.4 Å². The van der Waals surface area contributed by atoms with Crippen LogP contribution in [-0.4, -0.2) is 24.6 Å². The summed E-state index contributed by atoms with van der Waals surface area (Å²) in [4.78, 5) is 0. The molecule has 3 heteroatoms. The third-order valence-electron chi connectivity index (χ3n) is 3.53. The highest BCUT2D eigenvalue weighted by atomic mass is 35.5. The standard InChI is InChI=1S/C16H24ClNO/c1-11(2)6-14(9-17)18-10-15-8-13-7-12(3)4-5-16(13)19-15/h4-5,7,11,14-15,18H,6,8-10H2,1-3H3. The molecule has 0 aromatic heterocycles. The number of aryl methyl sites for hydroxylation is 1. The molecule has 0 fully saturated rings. The van der Waals surface area contributed by atoms with Crippen LogP contribution in [0, 0.1) is 12.8 Å². The van der Waals surface area contributed by atoms with Crippen molar-refractivity contribution < 1.29 is 4.74 Å². The minimum Gasteiger partial charge on any atom is -0.488 e. The Morgan fingerprint density at radius 1 is 1.42 bits per heavy atom. The fourth-order valence-electron chi connectivity index (χ4n) is 2.63. The molecule has 2 unspecified atom stereocenters. The molecule has 0 aliphatic carbocycles. The molecule has 0 radical (unpaired) electrons. The van der Waals surface area contributed by atoms with Crippen LogP contribution < -0.4 is 10.1 Å². The topological polar surface area (TPSA) is 21.3 Å². The van der Waals surface area contributed by atoms with Crippen LogP contribution in [0.1, 0.15) is 31.4 Å². The molecule has 2 nitrogen and oxygen atoms in total. The predicted octanol–water partition coefficient (Wildman–Crippen LogP) is 3.54. The fourth-order valence-corrected chi connectivity index (χ4v) is 2.87. The summed E-state index contributed by atoms with van der Waals surface area (Å²) in [7, 11) is 0. The zero-order chi connectivity index (χ0) is 13.8. The number of alkyl halides is 1. The first-order valence-electron chi connectivity index (χ1n) is 7.14. The van der Waals surface area contributed by atoms with Gasteiger partial charge in [0.2, 0.25) is 0 Å². The fraction of sp³-hybridized carbons (Fsp3) is 0.625.